The van der Waals surface area contributed by atoms with Gasteiger partial charge in [0, 0.05) is 23.1 Å². The maximum atomic E-state index is 13.1. The van der Waals surface area contributed by atoms with Crippen molar-refractivity contribution in [3.63, 3.8) is 0 Å². The summed E-state index contributed by atoms with van der Waals surface area (Å²) in [5, 5.41) is 4.85. The highest BCUT2D eigenvalue weighted by Crippen LogP contribution is 2.50. The molecule has 11 heteroatoms. The van der Waals surface area contributed by atoms with Gasteiger partial charge in [0.05, 0.1) is 38.8 Å². The number of aromatic nitrogens is 3. The van der Waals surface area contributed by atoms with Gasteiger partial charge < -0.3 is 27.4 Å². The van der Waals surface area contributed by atoms with E-state index in [-0.39, 0.29) is 19.8 Å². The Bertz CT molecular complexity index is 1700. The molecule has 0 atom stereocenters. The maximum absolute atomic E-state index is 13.1. The van der Waals surface area contributed by atoms with Crippen molar-refractivity contribution in [2.24, 2.45) is 0 Å². The first-order valence-corrected chi connectivity index (χ1v) is 15.5. The molecule has 0 fully saturated rings. The van der Waals surface area contributed by atoms with Crippen LogP contribution in [-0.2, 0) is 26.8 Å². The largest absolute Gasteiger partial charge is 0.493 e. The summed E-state index contributed by atoms with van der Waals surface area (Å²) in [4.78, 5) is 4.51. The molecule has 2 aromatic carbocycles. The van der Waals surface area contributed by atoms with Gasteiger partial charge in [-0.05, 0) is 56.7 Å². The number of methoxy groups -OCH3 is 1. The fraction of sp³-hybridized carbons (Fsp3) is 0.250. The van der Waals surface area contributed by atoms with Crippen LogP contribution in [0.1, 0.15) is 36.4 Å². The van der Waals surface area contributed by atoms with E-state index in [0.29, 0.717) is 41.1 Å². The number of hydrogen-bond acceptors (Lipinski definition) is 9. The molecule has 0 amide bonds. The molecule has 0 radical (unpaired) electrons. The van der Waals surface area contributed by atoms with Crippen LogP contribution < -0.4 is 9.47 Å². The normalized spacial score (nSPS) is 11.8. The van der Waals surface area contributed by atoms with E-state index in [4.69, 9.17) is 32.5 Å². The van der Waals surface area contributed by atoms with E-state index >= 15 is 0 Å². The first-order valence-electron chi connectivity index (χ1n) is 13.9. The highest BCUT2D eigenvalue weighted by molar-refractivity contribution is 7.57. The highest BCUT2D eigenvalue weighted by atomic mass is 31.2. The Kier molecular flexibility index (Phi) is 9.61. The molecule has 3 heterocycles. The van der Waals surface area contributed by atoms with Crippen molar-refractivity contribution >= 4 is 13.7 Å². The van der Waals surface area contributed by atoms with Crippen molar-refractivity contribution in [3.8, 4) is 34.4 Å². The van der Waals surface area contributed by atoms with E-state index in [1.807, 2.05) is 66.3 Å². The van der Waals surface area contributed by atoms with Crippen molar-refractivity contribution in [3.05, 3.63) is 102 Å². The van der Waals surface area contributed by atoms with Gasteiger partial charge in [0.1, 0.15) is 18.1 Å². The van der Waals surface area contributed by atoms with Crippen LogP contribution in [0.15, 0.2) is 87.8 Å². The topological polar surface area (TPSA) is 111 Å². The number of furan rings is 1. The van der Waals surface area contributed by atoms with E-state index < -0.39 is 7.60 Å². The van der Waals surface area contributed by atoms with Crippen LogP contribution in [0, 0.1) is 6.92 Å². The lowest BCUT2D eigenvalue weighted by atomic mass is 10.1. The van der Waals surface area contributed by atoms with Gasteiger partial charge in [-0.3, -0.25) is 9.25 Å². The summed E-state index contributed by atoms with van der Waals surface area (Å²) in [5.74, 6) is 4.27. The van der Waals surface area contributed by atoms with E-state index in [1.54, 1.807) is 45.4 Å². The van der Waals surface area contributed by atoms with E-state index in [1.165, 1.54) is 5.82 Å². The molecule has 0 unspecified atom stereocenters. The number of ether oxygens (including phenoxy) is 2. The molecule has 5 rings (SSSR count). The standard InChI is InChI=1S/C32H34N3O7P/c1-5-40-43(36,41-6-2)18-16-26-21-35(34-31(26)25-11-8-7-9-12-25)20-24-14-15-28(30(19-24)37-4)39-22-27-23(3)42-32(33-27)29-13-10-17-38-29/h7-19,21H,5-6,20,22H2,1-4H3/b18-16+. The van der Waals surface area contributed by atoms with E-state index in [0.717, 1.165) is 22.4 Å². The zero-order valence-corrected chi connectivity index (χ0v) is 25.5. The van der Waals surface area contributed by atoms with Gasteiger partial charge in [-0.15, -0.1) is 0 Å². The summed E-state index contributed by atoms with van der Waals surface area (Å²) < 4.78 is 48.6. The van der Waals surface area contributed by atoms with Gasteiger partial charge >= 0.3 is 7.60 Å². The summed E-state index contributed by atoms with van der Waals surface area (Å²) in [6.45, 7) is 6.62. The maximum Gasteiger partial charge on any atom is 0.354 e. The van der Waals surface area contributed by atoms with Crippen LogP contribution >= 0.6 is 7.60 Å². The van der Waals surface area contributed by atoms with Gasteiger partial charge in [-0.25, -0.2) is 4.98 Å². The third-order valence-corrected chi connectivity index (χ3v) is 8.20. The lowest BCUT2D eigenvalue weighted by Gasteiger charge is -2.12. The number of oxazole rings is 1. The summed E-state index contributed by atoms with van der Waals surface area (Å²) in [7, 11) is -1.78. The number of rotatable bonds is 14. The number of nitrogens with zero attached hydrogens (tertiary/aromatic N) is 3. The minimum atomic E-state index is -3.38. The van der Waals surface area contributed by atoms with Crippen LogP contribution in [0.4, 0.5) is 0 Å². The summed E-state index contributed by atoms with van der Waals surface area (Å²) in [6, 6.07) is 19.1. The predicted molar refractivity (Wildman–Crippen MR) is 163 cm³/mol. The van der Waals surface area contributed by atoms with Crippen molar-refractivity contribution < 1.29 is 31.9 Å². The third-order valence-electron chi connectivity index (χ3n) is 6.45. The Morgan fingerprint density at radius 3 is 2.49 bits per heavy atom. The first kappa shape index (κ1) is 30.1. The van der Waals surface area contributed by atoms with Gasteiger partial charge in [0.2, 0.25) is 0 Å². The second kappa shape index (κ2) is 13.7. The quantitative estimate of drug-likeness (QED) is 0.117. The number of aryl methyl sites for hydroxylation is 1. The van der Waals surface area contributed by atoms with Gasteiger partial charge in [-0.1, -0.05) is 36.4 Å². The Morgan fingerprint density at radius 1 is 1.00 bits per heavy atom. The van der Waals surface area contributed by atoms with Gasteiger partial charge in [-0.2, -0.15) is 5.10 Å². The highest BCUT2D eigenvalue weighted by Gasteiger charge is 2.20. The van der Waals surface area contributed by atoms with Crippen LogP contribution in [0.25, 0.3) is 29.0 Å². The summed E-state index contributed by atoms with van der Waals surface area (Å²) in [6.07, 6.45) is 5.23. The number of benzene rings is 2. The molecule has 0 N–H and O–H groups in total. The Balaban J connectivity index is 1.35. The van der Waals surface area contributed by atoms with Crippen molar-refractivity contribution in [2.75, 3.05) is 20.3 Å². The van der Waals surface area contributed by atoms with Gasteiger partial charge in [0.25, 0.3) is 5.89 Å². The molecular weight excluding hydrogens is 569 g/mol. The second-order valence-electron chi connectivity index (χ2n) is 9.46. The smallest absolute Gasteiger partial charge is 0.354 e. The predicted octanol–water partition coefficient (Wildman–Crippen LogP) is 7.98. The molecule has 3 aromatic heterocycles. The minimum Gasteiger partial charge on any atom is -0.493 e. The SMILES string of the molecule is CCOP(=O)(/C=C/c1cn(Cc2ccc(OCc3nc(-c4ccco4)oc3C)c(OC)c2)nc1-c1ccccc1)OCC. The third kappa shape index (κ3) is 7.35. The average molecular weight is 604 g/mol. The van der Waals surface area contributed by atoms with E-state index in [9.17, 15) is 4.57 Å². The molecule has 0 bridgehead atoms. The fourth-order valence-electron chi connectivity index (χ4n) is 4.45. The molecule has 43 heavy (non-hydrogen) atoms. The molecule has 0 saturated carbocycles. The zero-order valence-electron chi connectivity index (χ0n) is 24.6. The first-order chi connectivity index (χ1) is 20.9. The Morgan fingerprint density at radius 2 is 1.79 bits per heavy atom. The zero-order chi connectivity index (χ0) is 30.2. The van der Waals surface area contributed by atoms with Crippen molar-refractivity contribution in [1.82, 2.24) is 14.8 Å². The lowest BCUT2D eigenvalue weighted by Crippen LogP contribution is -2.03. The lowest BCUT2D eigenvalue weighted by molar-refractivity contribution is 0.229. The molecule has 0 aliphatic carbocycles. The second-order valence-corrected chi connectivity index (χ2v) is 11.4. The molecule has 5 aromatic rings. The van der Waals surface area contributed by atoms with Crippen LogP contribution in [0.5, 0.6) is 11.5 Å². The average Bonchev–Trinajstić information content (AvgIpc) is 3.77. The van der Waals surface area contributed by atoms with Crippen molar-refractivity contribution in [1.29, 1.82) is 0 Å². The van der Waals surface area contributed by atoms with Crippen LogP contribution in [-0.4, -0.2) is 35.1 Å². The number of hydrogen-bond donors (Lipinski definition) is 0. The Hall–Kier alpha value is -4.37. The van der Waals surface area contributed by atoms with Crippen molar-refractivity contribution in [2.45, 2.75) is 33.9 Å². The van der Waals surface area contributed by atoms with Gasteiger partial charge in [0.15, 0.2) is 17.3 Å². The molecule has 0 aliphatic heterocycles. The fourth-order valence-corrected chi connectivity index (χ4v) is 5.75. The monoisotopic (exact) mass is 603 g/mol. The molecule has 0 aliphatic rings. The molecule has 0 spiro atoms. The molecular formula is C32H34N3O7P. The summed E-state index contributed by atoms with van der Waals surface area (Å²) >= 11 is 0. The van der Waals surface area contributed by atoms with Crippen LogP contribution in [0.3, 0.4) is 0 Å². The molecule has 10 nitrogen and oxygen atoms in total. The molecule has 224 valence electrons. The summed E-state index contributed by atoms with van der Waals surface area (Å²) in [5.41, 5.74) is 4.09. The minimum absolute atomic E-state index is 0.203. The Labute approximate surface area is 250 Å². The molecule has 0 saturated heterocycles. The van der Waals surface area contributed by atoms with Crippen LogP contribution in [0.2, 0.25) is 0 Å². The van der Waals surface area contributed by atoms with E-state index in [2.05, 4.69) is 4.98 Å².